The third-order valence-electron chi connectivity index (χ3n) is 3.09. The molecule has 0 aliphatic carbocycles. The lowest BCUT2D eigenvalue weighted by Crippen LogP contribution is -2.39. The Labute approximate surface area is 119 Å². The van der Waals surface area contributed by atoms with Crippen molar-refractivity contribution in [2.75, 3.05) is 6.54 Å². The molecule has 0 aromatic carbocycles. The van der Waals surface area contributed by atoms with Crippen molar-refractivity contribution < 1.29 is 14.7 Å². The van der Waals surface area contributed by atoms with Crippen LogP contribution in [-0.2, 0) is 11.3 Å². The van der Waals surface area contributed by atoms with Gasteiger partial charge in [0, 0.05) is 25.6 Å². The molecule has 0 bridgehead atoms. The van der Waals surface area contributed by atoms with Crippen LogP contribution in [0.1, 0.15) is 49.8 Å². The Balaban J connectivity index is 2.85. The number of hydrogen-bond acceptors (Lipinski definition) is 3. The second kappa shape index (κ2) is 7.07. The van der Waals surface area contributed by atoms with Crippen molar-refractivity contribution >= 4 is 11.9 Å². The summed E-state index contributed by atoms with van der Waals surface area (Å²) in [5.74, 6) is -0.927. The summed E-state index contributed by atoms with van der Waals surface area (Å²) in [6.07, 6.45) is 0.529. The predicted molar refractivity (Wildman–Crippen MR) is 75.7 cm³/mol. The lowest BCUT2D eigenvalue weighted by Gasteiger charge is -2.26. The van der Waals surface area contributed by atoms with Crippen LogP contribution in [-0.4, -0.2) is 44.3 Å². The van der Waals surface area contributed by atoms with Crippen LogP contribution in [0, 0.1) is 6.92 Å². The third-order valence-corrected chi connectivity index (χ3v) is 3.09. The van der Waals surface area contributed by atoms with Gasteiger partial charge in [-0.15, -0.1) is 0 Å². The second-order valence-corrected chi connectivity index (χ2v) is 5.08. The maximum Gasteiger partial charge on any atom is 0.303 e. The predicted octanol–water partition coefficient (Wildman–Crippen LogP) is 1.93. The van der Waals surface area contributed by atoms with Gasteiger partial charge in [-0.1, -0.05) is 0 Å². The van der Waals surface area contributed by atoms with E-state index >= 15 is 0 Å². The minimum absolute atomic E-state index is 0.0248. The first-order chi connectivity index (χ1) is 9.36. The van der Waals surface area contributed by atoms with E-state index in [9.17, 15) is 9.59 Å². The molecule has 0 saturated carbocycles. The number of carboxylic acids is 1. The second-order valence-electron chi connectivity index (χ2n) is 5.08. The van der Waals surface area contributed by atoms with Gasteiger partial charge in [0.05, 0.1) is 5.69 Å². The highest BCUT2D eigenvalue weighted by molar-refractivity contribution is 5.93. The normalized spacial score (nSPS) is 10.8. The van der Waals surface area contributed by atoms with Crippen molar-refractivity contribution in [3.8, 4) is 0 Å². The Hall–Kier alpha value is -1.85. The fourth-order valence-corrected chi connectivity index (χ4v) is 2.10. The number of carbonyl (C=O) groups is 2. The Morgan fingerprint density at radius 3 is 2.60 bits per heavy atom. The number of hydrogen-bond donors (Lipinski definition) is 1. The number of amides is 1. The summed E-state index contributed by atoms with van der Waals surface area (Å²) in [6, 6.07) is 1.80. The topological polar surface area (TPSA) is 75.4 Å². The number of aryl methyl sites for hydroxylation is 2. The molecule has 1 N–H and O–H groups in total. The summed E-state index contributed by atoms with van der Waals surface area (Å²) < 4.78 is 1.68. The number of aliphatic carboxylic acids is 1. The van der Waals surface area contributed by atoms with Gasteiger partial charge in [-0.05, 0) is 40.2 Å². The SMILES string of the molecule is CCn1nc(C)cc1C(=O)N(CCCC(=O)O)C(C)C. The van der Waals surface area contributed by atoms with E-state index in [0.717, 1.165) is 5.69 Å². The molecular weight excluding hydrogens is 258 g/mol. The minimum Gasteiger partial charge on any atom is -0.481 e. The number of carboxylic acid groups (broad SMARTS) is 1. The zero-order valence-electron chi connectivity index (χ0n) is 12.6. The molecule has 20 heavy (non-hydrogen) atoms. The van der Waals surface area contributed by atoms with Gasteiger partial charge >= 0.3 is 5.97 Å². The first kappa shape index (κ1) is 16.2. The third kappa shape index (κ3) is 4.08. The first-order valence-corrected chi connectivity index (χ1v) is 6.94. The van der Waals surface area contributed by atoms with Crippen LogP contribution in [0.3, 0.4) is 0 Å². The van der Waals surface area contributed by atoms with Crippen LogP contribution in [0.25, 0.3) is 0 Å². The average molecular weight is 281 g/mol. The van der Waals surface area contributed by atoms with Crippen LogP contribution in [0.5, 0.6) is 0 Å². The van der Waals surface area contributed by atoms with E-state index in [1.807, 2.05) is 27.7 Å². The number of rotatable bonds is 7. The molecule has 1 heterocycles. The lowest BCUT2D eigenvalue weighted by atomic mass is 10.2. The van der Waals surface area contributed by atoms with Gasteiger partial charge in [-0.2, -0.15) is 5.10 Å². The highest BCUT2D eigenvalue weighted by Gasteiger charge is 2.22. The number of carbonyl (C=O) groups excluding carboxylic acids is 1. The van der Waals surface area contributed by atoms with Gasteiger partial charge in [0.15, 0.2) is 0 Å². The molecule has 0 aliphatic heterocycles. The maximum absolute atomic E-state index is 12.6. The molecule has 1 amide bonds. The molecule has 0 unspecified atom stereocenters. The van der Waals surface area contributed by atoms with E-state index in [2.05, 4.69) is 5.10 Å². The summed E-state index contributed by atoms with van der Waals surface area (Å²) >= 11 is 0. The van der Waals surface area contributed by atoms with E-state index in [1.54, 1.807) is 15.6 Å². The monoisotopic (exact) mass is 281 g/mol. The van der Waals surface area contributed by atoms with E-state index < -0.39 is 5.97 Å². The smallest absolute Gasteiger partial charge is 0.303 e. The van der Waals surface area contributed by atoms with Gasteiger partial charge in [0.2, 0.25) is 0 Å². The Bertz CT molecular complexity index is 480. The standard InChI is InChI=1S/C14H23N3O3/c1-5-17-12(9-11(4)15-17)14(20)16(10(2)3)8-6-7-13(18)19/h9-10H,5-8H2,1-4H3,(H,18,19). The molecule has 1 rings (SSSR count). The van der Waals surface area contributed by atoms with Gasteiger partial charge in [0.25, 0.3) is 5.91 Å². The van der Waals surface area contributed by atoms with Crippen molar-refractivity contribution in [3.63, 3.8) is 0 Å². The van der Waals surface area contributed by atoms with Crippen LogP contribution in [0.4, 0.5) is 0 Å². The molecule has 0 saturated heterocycles. The summed E-state index contributed by atoms with van der Waals surface area (Å²) in [6.45, 7) is 8.73. The fraction of sp³-hybridized carbons (Fsp3) is 0.643. The van der Waals surface area contributed by atoms with Gasteiger partial charge in [-0.25, -0.2) is 0 Å². The minimum atomic E-state index is -0.837. The number of nitrogens with zero attached hydrogens (tertiary/aromatic N) is 3. The quantitative estimate of drug-likeness (QED) is 0.828. The van der Waals surface area contributed by atoms with Crippen molar-refractivity contribution in [1.29, 1.82) is 0 Å². The van der Waals surface area contributed by atoms with Crippen molar-refractivity contribution in [1.82, 2.24) is 14.7 Å². The zero-order valence-corrected chi connectivity index (χ0v) is 12.6. The van der Waals surface area contributed by atoms with Crippen LogP contribution in [0.15, 0.2) is 6.07 Å². The zero-order chi connectivity index (χ0) is 15.3. The summed E-state index contributed by atoms with van der Waals surface area (Å²) in [4.78, 5) is 24.8. The van der Waals surface area contributed by atoms with E-state index in [4.69, 9.17) is 5.11 Å². The Morgan fingerprint density at radius 1 is 1.45 bits per heavy atom. The van der Waals surface area contributed by atoms with E-state index in [1.165, 1.54) is 0 Å². The van der Waals surface area contributed by atoms with Gasteiger partial charge < -0.3 is 10.0 Å². The molecule has 6 heteroatoms. The fourth-order valence-electron chi connectivity index (χ4n) is 2.10. The molecule has 0 aliphatic rings. The lowest BCUT2D eigenvalue weighted by molar-refractivity contribution is -0.137. The van der Waals surface area contributed by atoms with Gasteiger partial charge in [-0.3, -0.25) is 14.3 Å². The molecule has 1 aromatic heterocycles. The van der Waals surface area contributed by atoms with Crippen LogP contribution in [0.2, 0.25) is 0 Å². The largest absolute Gasteiger partial charge is 0.481 e. The molecule has 0 spiro atoms. The number of aromatic nitrogens is 2. The van der Waals surface area contributed by atoms with Gasteiger partial charge in [0.1, 0.15) is 5.69 Å². The molecule has 112 valence electrons. The first-order valence-electron chi connectivity index (χ1n) is 6.94. The van der Waals surface area contributed by atoms with E-state index in [-0.39, 0.29) is 18.4 Å². The molecule has 0 radical (unpaired) electrons. The maximum atomic E-state index is 12.6. The molecule has 1 aromatic rings. The average Bonchev–Trinajstić information content (AvgIpc) is 2.74. The Morgan fingerprint density at radius 2 is 2.10 bits per heavy atom. The summed E-state index contributed by atoms with van der Waals surface area (Å²) in [5, 5.41) is 13.0. The molecule has 0 fully saturated rings. The van der Waals surface area contributed by atoms with Crippen LogP contribution < -0.4 is 0 Å². The molecular formula is C14H23N3O3. The van der Waals surface area contributed by atoms with Crippen molar-refractivity contribution in [3.05, 3.63) is 17.5 Å². The van der Waals surface area contributed by atoms with Crippen molar-refractivity contribution in [2.24, 2.45) is 0 Å². The van der Waals surface area contributed by atoms with E-state index in [0.29, 0.717) is 25.2 Å². The van der Waals surface area contributed by atoms with Crippen LogP contribution >= 0.6 is 0 Å². The van der Waals surface area contributed by atoms with Crippen molar-refractivity contribution in [2.45, 2.75) is 53.1 Å². The highest BCUT2D eigenvalue weighted by atomic mass is 16.4. The Kier molecular flexibility index (Phi) is 5.73. The summed E-state index contributed by atoms with van der Waals surface area (Å²) in [7, 11) is 0. The molecule has 0 atom stereocenters. The summed E-state index contributed by atoms with van der Waals surface area (Å²) in [5.41, 5.74) is 1.37. The highest BCUT2D eigenvalue weighted by Crippen LogP contribution is 2.12. The molecule has 6 nitrogen and oxygen atoms in total.